The zero-order chi connectivity index (χ0) is 23.2. The maximum absolute atomic E-state index is 6.40. The maximum atomic E-state index is 6.40. The van der Waals surface area contributed by atoms with Gasteiger partial charge in [-0.15, -0.1) is 10.2 Å². The molecule has 0 saturated carbocycles. The fourth-order valence-electron chi connectivity index (χ4n) is 3.58. The van der Waals surface area contributed by atoms with Gasteiger partial charge in [-0.1, -0.05) is 49.7 Å². The number of para-hydroxylation sites is 1. The molecule has 174 valence electrons. The number of thioether (sulfide) groups is 1. The van der Waals surface area contributed by atoms with Crippen LogP contribution in [0.2, 0.25) is 0 Å². The molecule has 33 heavy (non-hydrogen) atoms. The summed E-state index contributed by atoms with van der Waals surface area (Å²) in [5, 5.41) is 12.9. The van der Waals surface area contributed by atoms with Crippen molar-refractivity contribution in [3.63, 3.8) is 0 Å². The van der Waals surface area contributed by atoms with Gasteiger partial charge in [-0.05, 0) is 47.5 Å². The van der Waals surface area contributed by atoms with E-state index in [1.165, 1.54) is 12.8 Å². The molecule has 0 spiro atoms. The van der Waals surface area contributed by atoms with Crippen LogP contribution in [-0.2, 0) is 0 Å². The van der Waals surface area contributed by atoms with E-state index in [-0.39, 0.29) is 0 Å². The molecule has 9 heteroatoms. The predicted octanol–water partition coefficient (Wildman–Crippen LogP) is 6.49. The van der Waals surface area contributed by atoms with Crippen LogP contribution in [0.3, 0.4) is 0 Å². The van der Waals surface area contributed by atoms with E-state index in [0.717, 1.165) is 33.5 Å². The molecule has 0 radical (unpaired) electrons. The summed E-state index contributed by atoms with van der Waals surface area (Å²) in [5.41, 5.74) is 3.28. The topological polar surface area (TPSA) is 78.4 Å². The van der Waals surface area contributed by atoms with Crippen LogP contribution in [0.1, 0.15) is 44.9 Å². The molecular formula is C24H27BrN4O3S. The number of anilines is 1. The summed E-state index contributed by atoms with van der Waals surface area (Å²) in [7, 11) is 1.62. The first-order chi connectivity index (χ1) is 16.1. The molecule has 4 rings (SSSR count). The Morgan fingerprint density at radius 1 is 1.15 bits per heavy atom. The number of halogens is 1. The van der Waals surface area contributed by atoms with Crippen molar-refractivity contribution in [3.05, 3.63) is 46.4 Å². The molecule has 7 nitrogen and oxygen atoms in total. The van der Waals surface area contributed by atoms with Crippen LogP contribution in [0.25, 0.3) is 11.3 Å². The molecule has 1 unspecified atom stereocenters. The standard InChI is InChI=1S/C24H27BrN4O3S/c1-4-6-9-12-33-24-27-23-20(28-29-24)16-10-7-8-11-18(16)26-22(32-23)15-13-17(25)21(30-3)19(14-15)31-5-2/h7-8,10-11,13-14,22,26H,4-6,9,12H2,1-3H3. The fourth-order valence-corrected chi connectivity index (χ4v) is 4.97. The minimum Gasteiger partial charge on any atom is -0.492 e. The quantitative estimate of drug-likeness (QED) is 0.248. The number of methoxy groups -OCH3 is 1. The van der Waals surface area contributed by atoms with E-state index in [2.05, 4.69) is 38.4 Å². The van der Waals surface area contributed by atoms with Crippen molar-refractivity contribution in [2.24, 2.45) is 0 Å². The van der Waals surface area contributed by atoms with Crippen molar-refractivity contribution in [2.75, 3.05) is 24.8 Å². The van der Waals surface area contributed by atoms with Gasteiger partial charge in [-0.2, -0.15) is 4.98 Å². The molecule has 0 saturated heterocycles. The van der Waals surface area contributed by atoms with Crippen molar-refractivity contribution in [3.8, 4) is 28.6 Å². The molecule has 1 atom stereocenters. The smallest absolute Gasteiger partial charge is 0.247 e. The number of hydrogen-bond acceptors (Lipinski definition) is 8. The van der Waals surface area contributed by atoms with Gasteiger partial charge in [0.05, 0.1) is 18.2 Å². The van der Waals surface area contributed by atoms with Crippen molar-refractivity contribution in [1.29, 1.82) is 0 Å². The van der Waals surface area contributed by atoms with E-state index < -0.39 is 6.23 Å². The Morgan fingerprint density at radius 3 is 2.79 bits per heavy atom. The Morgan fingerprint density at radius 2 is 2.00 bits per heavy atom. The van der Waals surface area contributed by atoms with Crippen molar-refractivity contribution < 1.29 is 14.2 Å². The van der Waals surface area contributed by atoms with Crippen LogP contribution in [0.15, 0.2) is 46.0 Å². The van der Waals surface area contributed by atoms with E-state index in [0.29, 0.717) is 34.8 Å². The number of unbranched alkanes of at least 4 members (excludes halogenated alkanes) is 2. The van der Waals surface area contributed by atoms with Gasteiger partial charge in [-0.3, -0.25) is 0 Å². The van der Waals surface area contributed by atoms with Crippen molar-refractivity contribution >= 4 is 33.4 Å². The normalized spacial score (nSPS) is 14.4. The summed E-state index contributed by atoms with van der Waals surface area (Å²) in [4.78, 5) is 4.72. The number of fused-ring (bicyclic) bond motifs is 3. The average Bonchev–Trinajstić information content (AvgIpc) is 2.98. The van der Waals surface area contributed by atoms with Crippen LogP contribution in [0.4, 0.5) is 5.69 Å². The summed E-state index contributed by atoms with van der Waals surface area (Å²) < 4.78 is 18.5. The van der Waals surface area contributed by atoms with Crippen molar-refractivity contribution in [2.45, 2.75) is 44.5 Å². The molecule has 0 amide bonds. The lowest BCUT2D eigenvalue weighted by molar-refractivity contribution is 0.224. The second kappa shape index (κ2) is 11.1. The molecule has 2 heterocycles. The Balaban J connectivity index is 1.72. The third-order valence-corrected chi connectivity index (χ3v) is 6.66. The van der Waals surface area contributed by atoms with E-state index in [1.54, 1.807) is 18.9 Å². The molecule has 0 aliphatic carbocycles. The first kappa shape index (κ1) is 23.6. The van der Waals surface area contributed by atoms with Gasteiger partial charge in [0.25, 0.3) is 0 Å². The maximum Gasteiger partial charge on any atom is 0.247 e. The van der Waals surface area contributed by atoms with Crippen LogP contribution < -0.4 is 19.5 Å². The number of ether oxygens (including phenoxy) is 3. The van der Waals surface area contributed by atoms with Crippen molar-refractivity contribution in [1.82, 2.24) is 15.2 Å². The second-order valence-corrected chi connectivity index (χ2v) is 9.38. The lowest BCUT2D eigenvalue weighted by Gasteiger charge is -2.21. The van der Waals surface area contributed by atoms with Gasteiger partial charge in [0.1, 0.15) is 0 Å². The number of rotatable bonds is 9. The summed E-state index contributed by atoms with van der Waals surface area (Å²) in [5.74, 6) is 2.69. The summed E-state index contributed by atoms with van der Waals surface area (Å²) >= 11 is 5.21. The number of aromatic nitrogens is 3. The van der Waals surface area contributed by atoms with Crippen LogP contribution in [0, 0.1) is 0 Å². The third-order valence-electron chi connectivity index (χ3n) is 5.15. The zero-order valence-corrected chi connectivity index (χ0v) is 21.3. The summed E-state index contributed by atoms with van der Waals surface area (Å²) in [6, 6.07) is 11.8. The molecule has 1 aliphatic heterocycles. The fraction of sp³-hybridized carbons (Fsp3) is 0.375. The lowest BCUT2D eigenvalue weighted by Crippen LogP contribution is -2.17. The van der Waals surface area contributed by atoms with E-state index in [1.807, 2.05) is 43.3 Å². The minimum absolute atomic E-state index is 0.454. The molecule has 3 aromatic rings. The van der Waals surface area contributed by atoms with Crippen LogP contribution in [0.5, 0.6) is 17.4 Å². The summed E-state index contributed by atoms with van der Waals surface area (Å²) in [6.07, 6.45) is 2.98. The summed E-state index contributed by atoms with van der Waals surface area (Å²) in [6.45, 7) is 4.65. The number of nitrogens with zero attached hydrogens (tertiary/aromatic N) is 3. The Hall–Kier alpha value is -2.52. The molecule has 2 aromatic carbocycles. The number of nitrogens with one attached hydrogen (secondary N) is 1. The van der Waals surface area contributed by atoms with Gasteiger partial charge >= 0.3 is 0 Å². The largest absolute Gasteiger partial charge is 0.492 e. The highest BCUT2D eigenvalue weighted by Gasteiger charge is 2.27. The molecule has 1 aliphatic rings. The van der Waals surface area contributed by atoms with E-state index >= 15 is 0 Å². The predicted molar refractivity (Wildman–Crippen MR) is 134 cm³/mol. The highest BCUT2D eigenvalue weighted by atomic mass is 79.9. The van der Waals surface area contributed by atoms with E-state index in [9.17, 15) is 0 Å². The van der Waals surface area contributed by atoms with Gasteiger partial charge in [-0.25, -0.2) is 0 Å². The van der Waals surface area contributed by atoms with E-state index in [4.69, 9.17) is 19.2 Å². The molecular weight excluding hydrogens is 504 g/mol. The first-order valence-corrected chi connectivity index (χ1v) is 12.8. The molecule has 1 aromatic heterocycles. The first-order valence-electron chi connectivity index (χ1n) is 11.0. The van der Waals surface area contributed by atoms with Gasteiger partial charge < -0.3 is 19.5 Å². The third kappa shape index (κ3) is 5.35. The van der Waals surface area contributed by atoms with Gasteiger partial charge in [0, 0.05) is 22.6 Å². The second-order valence-electron chi connectivity index (χ2n) is 7.46. The number of hydrogen-bond donors (Lipinski definition) is 1. The van der Waals surface area contributed by atoms with Gasteiger partial charge in [0.2, 0.25) is 11.0 Å². The Labute approximate surface area is 206 Å². The SMILES string of the molecule is CCCCCSc1nnc2c(n1)OC(c1cc(Br)c(OC)c(OCC)c1)Nc1ccccc1-2. The number of benzene rings is 2. The minimum atomic E-state index is -0.511. The monoisotopic (exact) mass is 530 g/mol. The van der Waals surface area contributed by atoms with Gasteiger partial charge in [0.15, 0.2) is 23.4 Å². The van der Waals surface area contributed by atoms with Crippen LogP contribution >= 0.6 is 27.7 Å². The zero-order valence-electron chi connectivity index (χ0n) is 18.9. The highest BCUT2D eigenvalue weighted by Crippen LogP contribution is 2.43. The molecule has 1 N–H and O–H groups in total. The molecule has 0 fully saturated rings. The van der Waals surface area contributed by atoms with Crippen LogP contribution in [-0.4, -0.2) is 34.7 Å². The Bertz CT molecular complexity index is 1120. The lowest BCUT2D eigenvalue weighted by atomic mass is 10.1. The Kier molecular flexibility index (Phi) is 7.93. The highest BCUT2D eigenvalue weighted by molar-refractivity contribution is 9.10. The molecule has 0 bridgehead atoms. The average molecular weight is 531 g/mol.